The third-order valence-corrected chi connectivity index (χ3v) is 4.01. The molecule has 0 aromatic heterocycles. The van der Waals surface area contributed by atoms with E-state index < -0.39 is 34.8 Å². The number of benzene rings is 2. The van der Waals surface area contributed by atoms with Gasteiger partial charge in [-0.15, -0.1) is 0 Å². The molecule has 0 atom stereocenters. The van der Waals surface area contributed by atoms with Gasteiger partial charge in [0.15, 0.2) is 23.3 Å². The van der Waals surface area contributed by atoms with Crippen molar-refractivity contribution in [3.05, 3.63) is 65.0 Å². The second-order valence-electron chi connectivity index (χ2n) is 5.71. The minimum Gasteiger partial charge on any atom is -0.378 e. The Kier molecular flexibility index (Phi) is 5.51. The van der Waals surface area contributed by atoms with Gasteiger partial charge >= 0.3 is 0 Å². The summed E-state index contributed by atoms with van der Waals surface area (Å²) in [5.74, 6) is -9.90. The van der Waals surface area contributed by atoms with Crippen LogP contribution in [-0.4, -0.2) is 37.0 Å². The summed E-state index contributed by atoms with van der Waals surface area (Å²) in [6, 6.07) is 8.94. The SMILES string of the molecule is Fc1c(F)c(F)c(N=C(Cc2ccccc2)N2CCOCC2)c(F)c1F. The quantitative estimate of drug-likeness (QED) is 0.268. The maximum absolute atomic E-state index is 14.0. The van der Waals surface area contributed by atoms with Crippen LogP contribution >= 0.6 is 0 Å². The number of hydrogen-bond acceptors (Lipinski definition) is 2. The summed E-state index contributed by atoms with van der Waals surface area (Å²) in [5, 5.41) is 0. The van der Waals surface area contributed by atoms with Crippen molar-refractivity contribution in [2.45, 2.75) is 6.42 Å². The molecule has 1 heterocycles. The van der Waals surface area contributed by atoms with Crippen molar-refractivity contribution in [2.24, 2.45) is 4.99 Å². The molecule has 3 nitrogen and oxygen atoms in total. The smallest absolute Gasteiger partial charge is 0.200 e. The van der Waals surface area contributed by atoms with E-state index in [1.807, 2.05) is 0 Å². The molecule has 138 valence electrons. The van der Waals surface area contributed by atoms with Crippen molar-refractivity contribution in [1.29, 1.82) is 0 Å². The van der Waals surface area contributed by atoms with Crippen LogP contribution in [0.1, 0.15) is 5.56 Å². The Balaban J connectivity index is 2.06. The van der Waals surface area contributed by atoms with E-state index in [2.05, 4.69) is 4.99 Å². The van der Waals surface area contributed by atoms with Gasteiger partial charge in [0, 0.05) is 19.5 Å². The molecule has 1 fully saturated rings. The molecule has 0 amide bonds. The second-order valence-corrected chi connectivity index (χ2v) is 5.71. The zero-order chi connectivity index (χ0) is 18.7. The lowest BCUT2D eigenvalue weighted by atomic mass is 10.1. The average molecular weight is 370 g/mol. The number of morpholine rings is 1. The van der Waals surface area contributed by atoms with E-state index in [9.17, 15) is 22.0 Å². The fourth-order valence-corrected chi connectivity index (χ4v) is 2.64. The zero-order valence-electron chi connectivity index (χ0n) is 13.6. The van der Waals surface area contributed by atoms with Crippen LogP contribution in [-0.2, 0) is 11.2 Å². The van der Waals surface area contributed by atoms with Crippen LogP contribution < -0.4 is 0 Å². The molecule has 0 N–H and O–H groups in total. The molecule has 0 saturated carbocycles. The van der Waals surface area contributed by atoms with Gasteiger partial charge in [0.05, 0.1) is 13.2 Å². The van der Waals surface area contributed by atoms with E-state index in [4.69, 9.17) is 4.74 Å². The molecule has 2 aromatic rings. The summed E-state index contributed by atoms with van der Waals surface area (Å²) < 4.78 is 73.4. The van der Waals surface area contributed by atoms with Crippen molar-refractivity contribution in [2.75, 3.05) is 26.3 Å². The molecular weight excluding hydrogens is 355 g/mol. The summed E-state index contributed by atoms with van der Waals surface area (Å²) in [6.07, 6.45) is 0.181. The third-order valence-electron chi connectivity index (χ3n) is 4.01. The fourth-order valence-electron chi connectivity index (χ4n) is 2.64. The molecule has 0 aliphatic carbocycles. The maximum atomic E-state index is 14.0. The molecule has 1 aliphatic rings. The molecule has 0 radical (unpaired) electrons. The standard InChI is InChI=1S/C18H15F5N2O/c19-13-14(20)16(22)18(17(23)15(13)21)24-12(25-6-8-26-9-7-25)10-11-4-2-1-3-5-11/h1-5H,6-10H2. The highest BCUT2D eigenvalue weighted by Gasteiger charge is 2.27. The molecule has 1 saturated heterocycles. The zero-order valence-corrected chi connectivity index (χ0v) is 13.6. The molecule has 3 rings (SSSR count). The monoisotopic (exact) mass is 370 g/mol. The lowest BCUT2D eigenvalue weighted by Crippen LogP contribution is -2.41. The molecular formula is C18H15F5N2O. The molecule has 0 spiro atoms. The molecule has 26 heavy (non-hydrogen) atoms. The summed E-state index contributed by atoms with van der Waals surface area (Å²) >= 11 is 0. The van der Waals surface area contributed by atoms with Gasteiger partial charge in [-0.2, -0.15) is 0 Å². The van der Waals surface area contributed by atoms with Crippen LogP contribution in [0.2, 0.25) is 0 Å². The van der Waals surface area contributed by atoms with Crippen molar-refractivity contribution < 1.29 is 26.7 Å². The van der Waals surface area contributed by atoms with Gasteiger partial charge in [0.1, 0.15) is 11.5 Å². The van der Waals surface area contributed by atoms with Gasteiger partial charge in [-0.1, -0.05) is 30.3 Å². The van der Waals surface area contributed by atoms with Crippen LogP contribution in [0.15, 0.2) is 35.3 Å². The van der Waals surface area contributed by atoms with Gasteiger partial charge in [0.2, 0.25) is 5.82 Å². The number of aliphatic imine (C=N–C) groups is 1. The first-order chi connectivity index (χ1) is 12.5. The van der Waals surface area contributed by atoms with Crippen molar-refractivity contribution in [3.63, 3.8) is 0 Å². The minimum atomic E-state index is -2.20. The summed E-state index contributed by atoms with van der Waals surface area (Å²) in [7, 11) is 0. The van der Waals surface area contributed by atoms with Gasteiger partial charge in [-0.25, -0.2) is 26.9 Å². The predicted octanol–water partition coefficient (Wildman–Crippen LogP) is 3.99. The van der Waals surface area contributed by atoms with Crippen molar-refractivity contribution in [3.8, 4) is 0 Å². The Labute approximate surface area is 146 Å². The Morgan fingerprint density at radius 2 is 1.38 bits per heavy atom. The number of rotatable bonds is 3. The van der Waals surface area contributed by atoms with Crippen molar-refractivity contribution in [1.82, 2.24) is 4.90 Å². The minimum absolute atomic E-state index is 0.181. The topological polar surface area (TPSA) is 24.8 Å². The molecule has 0 bridgehead atoms. The van der Waals surface area contributed by atoms with E-state index in [-0.39, 0.29) is 12.3 Å². The predicted molar refractivity (Wildman–Crippen MR) is 85.9 cm³/mol. The van der Waals surface area contributed by atoms with E-state index in [1.165, 1.54) is 0 Å². The molecule has 0 unspecified atom stereocenters. The van der Waals surface area contributed by atoms with Crippen molar-refractivity contribution >= 4 is 11.5 Å². The Hall–Kier alpha value is -2.48. The highest BCUT2D eigenvalue weighted by Crippen LogP contribution is 2.30. The second kappa shape index (κ2) is 7.82. The third kappa shape index (κ3) is 3.70. The van der Waals surface area contributed by atoms with Crippen LogP contribution in [0.3, 0.4) is 0 Å². The van der Waals surface area contributed by atoms with Gasteiger partial charge in [0.25, 0.3) is 0 Å². The number of amidine groups is 1. The number of hydrogen-bond donors (Lipinski definition) is 0. The first kappa shape index (κ1) is 18.3. The van der Waals surface area contributed by atoms with Gasteiger partial charge < -0.3 is 9.64 Å². The van der Waals surface area contributed by atoms with Crippen LogP contribution in [0, 0.1) is 29.1 Å². The van der Waals surface area contributed by atoms with E-state index in [0.717, 1.165) is 5.56 Å². The molecule has 2 aromatic carbocycles. The summed E-state index contributed by atoms with van der Waals surface area (Å²) in [5.41, 5.74) is -0.388. The highest BCUT2D eigenvalue weighted by molar-refractivity contribution is 5.87. The number of nitrogens with zero attached hydrogens (tertiary/aromatic N) is 2. The lowest BCUT2D eigenvalue weighted by Gasteiger charge is -2.30. The Morgan fingerprint density at radius 3 is 1.96 bits per heavy atom. The molecule has 1 aliphatic heterocycles. The summed E-state index contributed by atoms with van der Waals surface area (Å²) in [6.45, 7) is 1.57. The Bertz CT molecular complexity index is 791. The highest BCUT2D eigenvalue weighted by atomic mass is 19.2. The lowest BCUT2D eigenvalue weighted by molar-refractivity contribution is 0.0674. The van der Waals surface area contributed by atoms with Gasteiger partial charge in [-0.05, 0) is 5.56 Å². The first-order valence-electron chi connectivity index (χ1n) is 7.94. The van der Waals surface area contributed by atoms with E-state index >= 15 is 0 Å². The van der Waals surface area contributed by atoms with Gasteiger partial charge in [-0.3, -0.25) is 0 Å². The fraction of sp³-hybridized carbons (Fsp3) is 0.278. The van der Waals surface area contributed by atoms with Crippen LogP contribution in [0.25, 0.3) is 0 Å². The summed E-state index contributed by atoms with van der Waals surface area (Å²) in [4.78, 5) is 5.55. The molecule has 8 heteroatoms. The van der Waals surface area contributed by atoms with Crippen LogP contribution in [0.4, 0.5) is 27.6 Å². The normalized spacial score (nSPS) is 15.4. The average Bonchev–Trinajstić information content (AvgIpc) is 2.68. The maximum Gasteiger partial charge on any atom is 0.200 e. The number of ether oxygens (including phenoxy) is 1. The first-order valence-corrected chi connectivity index (χ1v) is 7.94. The van der Waals surface area contributed by atoms with E-state index in [0.29, 0.717) is 26.3 Å². The number of halogens is 5. The Morgan fingerprint density at radius 1 is 0.846 bits per heavy atom. The largest absolute Gasteiger partial charge is 0.378 e. The van der Waals surface area contributed by atoms with Crippen LogP contribution in [0.5, 0.6) is 0 Å². The van der Waals surface area contributed by atoms with E-state index in [1.54, 1.807) is 35.2 Å².